The molecular formula is C41H94N4O2. The summed E-state index contributed by atoms with van der Waals surface area (Å²) in [7, 11) is 0. The van der Waals surface area contributed by atoms with Crippen molar-refractivity contribution in [2.75, 3.05) is 6.54 Å². The normalized spacial score (nSPS) is 16.6. The van der Waals surface area contributed by atoms with E-state index < -0.39 is 0 Å². The van der Waals surface area contributed by atoms with Crippen LogP contribution in [0.3, 0.4) is 0 Å². The van der Waals surface area contributed by atoms with Crippen molar-refractivity contribution in [1.82, 2.24) is 0 Å². The Kier molecular flexibility index (Phi) is 48.6. The molecule has 0 bridgehead atoms. The highest BCUT2D eigenvalue weighted by Crippen LogP contribution is 2.26. The van der Waals surface area contributed by atoms with Gasteiger partial charge in [-0.2, -0.15) is 0 Å². The average molecular weight is 675 g/mol. The van der Waals surface area contributed by atoms with Gasteiger partial charge in [0.05, 0.1) is 0 Å². The van der Waals surface area contributed by atoms with Crippen LogP contribution >= 0.6 is 0 Å². The minimum Gasteiger partial charge on any atom is -0.369 e. The van der Waals surface area contributed by atoms with Gasteiger partial charge in [-0.25, -0.2) is 0 Å². The minimum absolute atomic E-state index is 0.0417. The molecular weight excluding hydrogens is 580 g/mol. The zero-order valence-electron chi connectivity index (χ0n) is 35.8. The lowest BCUT2D eigenvalue weighted by molar-refractivity contribution is -0.125. The summed E-state index contributed by atoms with van der Waals surface area (Å²) in [5.41, 5.74) is 21.1. The molecule has 0 aromatic carbocycles. The molecule has 47 heavy (non-hydrogen) atoms. The molecule has 7 unspecified atom stereocenters. The summed E-state index contributed by atoms with van der Waals surface area (Å²) in [6.45, 7) is 42.0. The van der Waals surface area contributed by atoms with Crippen molar-refractivity contribution in [2.24, 2.45) is 82.1 Å². The predicted octanol–water partition coefficient (Wildman–Crippen LogP) is 10.8. The zero-order chi connectivity index (χ0) is 38.9. The van der Waals surface area contributed by atoms with Crippen LogP contribution < -0.4 is 22.9 Å². The van der Waals surface area contributed by atoms with Gasteiger partial charge in [-0.05, 0) is 60.3 Å². The van der Waals surface area contributed by atoms with E-state index in [1.54, 1.807) is 0 Å². The maximum absolute atomic E-state index is 11.1. The molecule has 7 atom stereocenters. The van der Waals surface area contributed by atoms with Gasteiger partial charge < -0.3 is 22.9 Å². The van der Waals surface area contributed by atoms with Crippen molar-refractivity contribution in [2.45, 2.75) is 189 Å². The van der Waals surface area contributed by atoms with Gasteiger partial charge in [-0.1, -0.05) is 176 Å². The first-order valence-corrected chi connectivity index (χ1v) is 19.7. The number of nitrogens with two attached hydrogens (primary N) is 4. The Bertz CT molecular complexity index is 591. The Morgan fingerprint density at radius 3 is 0.830 bits per heavy atom. The van der Waals surface area contributed by atoms with Crippen molar-refractivity contribution in [3.63, 3.8) is 0 Å². The first kappa shape index (κ1) is 58.1. The molecule has 6 nitrogen and oxygen atoms in total. The first-order chi connectivity index (χ1) is 21.7. The molecule has 0 saturated carbocycles. The van der Waals surface area contributed by atoms with E-state index in [1.165, 1.54) is 32.1 Å². The number of amides is 2. The first-order valence-electron chi connectivity index (χ1n) is 19.7. The summed E-state index contributed by atoms with van der Waals surface area (Å²) in [4.78, 5) is 21.3. The molecule has 0 aromatic rings. The van der Waals surface area contributed by atoms with Crippen LogP contribution in [0.15, 0.2) is 0 Å². The van der Waals surface area contributed by atoms with Gasteiger partial charge in [-0.15, -0.1) is 0 Å². The molecule has 0 spiro atoms. The highest BCUT2D eigenvalue weighted by Gasteiger charge is 2.26. The lowest BCUT2D eigenvalue weighted by atomic mass is 9.80. The molecule has 0 aliphatic rings. The van der Waals surface area contributed by atoms with E-state index in [0.29, 0.717) is 29.7 Å². The quantitative estimate of drug-likeness (QED) is 0.129. The van der Waals surface area contributed by atoms with E-state index in [-0.39, 0.29) is 23.7 Å². The van der Waals surface area contributed by atoms with Gasteiger partial charge in [0.25, 0.3) is 0 Å². The zero-order valence-corrected chi connectivity index (χ0v) is 35.8. The van der Waals surface area contributed by atoms with E-state index >= 15 is 0 Å². The second-order valence-electron chi connectivity index (χ2n) is 14.6. The summed E-state index contributed by atoms with van der Waals surface area (Å²) >= 11 is 0. The molecule has 0 aromatic heterocycles. The molecule has 0 aliphatic heterocycles. The minimum atomic E-state index is -0.206. The smallest absolute Gasteiger partial charge is 0.221 e. The van der Waals surface area contributed by atoms with Crippen LogP contribution in [-0.4, -0.2) is 24.4 Å². The molecule has 0 radical (unpaired) electrons. The van der Waals surface area contributed by atoms with E-state index in [2.05, 4.69) is 111 Å². The average Bonchev–Trinajstić information content (AvgIpc) is 3.06. The molecule has 0 saturated heterocycles. The number of carbonyl (C=O) groups excluding carboxylic acids is 2. The number of rotatable bonds is 16. The fraction of sp³-hybridized carbons (Fsp3) is 0.951. The monoisotopic (exact) mass is 675 g/mol. The molecule has 6 heteroatoms. The van der Waals surface area contributed by atoms with Gasteiger partial charge in [0.15, 0.2) is 0 Å². The second-order valence-corrected chi connectivity index (χ2v) is 14.6. The lowest BCUT2D eigenvalue weighted by Crippen LogP contribution is -2.34. The SMILES string of the molecule is CCC(C)C.CCC(C)C(C(N)=O)C(C)CC.CCC(C)C(C)C(C)CC.CCC(C)C(N)=O.CCC(C)C(N)C(C)CC.CCN. The van der Waals surface area contributed by atoms with Crippen LogP contribution in [-0.2, 0) is 9.59 Å². The van der Waals surface area contributed by atoms with Crippen molar-refractivity contribution < 1.29 is 9.59 Å². The third-order valence-electron chi connectivity index (χ3n) is 10.4. The molecule has 290 valence electrons. The lowest BCUT2D eigenvalue weighted by Gasteiger charge is -2.25. The Morgan fingerprint density at radius 2 is 0.702 bits per heavy atom. The number of hydrogen-bond acceptors (Lipinski definition) is 4. The molecule has 2 amide bonds. The summed E-state index contributed by atoms with van der Waals surface area (Å²) in [5, 5.41) is 0. The van der Waals surface area contributed by atoms with Crippen LogP contribution in [0, 0.1) is 59.2 Å². The largest absolute Gasteiger partial charge is 0.369 e. The Labute approximate surface area is 298 Å². The Balaban J connectivity index is -0.000000112. The van der Waals surface area contributed by atoms with Gasteiger partial charge in [-0.3, -0.25) is 9.59 Å². The molecule has 0 fully saturated rings. The van der Waals surface area contributed by atoms with Crippen LogP contribution in [0.4, 0.5) is 0 Å². The van der Waals surface area contributed by atoms with Gasteiger partial charge in [0, 0.05) is 17.9 Å². The van der Waals surface area contributed by atoms with E-state index in [9.17, 15) is 9.59 Å². The Morgan fingerprint density at radius 1 is 0.447 bits per heavy atom. The second kappa shape index (κ2) is 39.3. The maximum Gasteiger partial charge on any atom is 0.221 e. The van der Waals surface area contributed by atoms with E-state index in [0.717, 1.165) is 49.5 Å². The number of primary amides is 2. The molecule has 0 aliphatic carbocycles. The number of hydrogen-bond donors (Lipinski definition) is 4. The summed E-state index contributed by atoms with van der Waals surface area (Å²) in [6, 6.07) is 0.398. The van der Waals surface area contributed by atoms with E-state index in [4.69, 9.17) is 22.9 Å². The van der Waals surface area contributed by atoms with Crippen molar-refractivity contribution in [3.8, 4) is 0 Å². The standard InChI is InChI=1S/C10H21NO.C10H22.C9H21N.C5H11NO.C5H12.C2H7N/c1-5-7(3)9(10(11)12)8(4)6-2;1-6-8(3)10(5)9(4)7-2;1-5-7(3)9(10)8(4)6-2;1-3-4(2)5(6)7;1-4-5(2)3;1-2-3/h7-9H,5-6H2,1-4H3,(H2,11,12);8-10H,6-7H2,1-5H3;7-9H,5-6,10H2,1-4H3;4H,3H2,1-2H3,(H2,6,7);5H,4H2,1-3H3;2-3H2,1H3. The van der Waals surface area contributed by atoms with Crippen molar-refractivity contribution >= 4 is 11.8 Å². The summed E-state index contributed by atoms with van der Waals surface area (Å²) < 4.78 is 0. The van der Waals surface area contributed by atoms with Crippen LogP contribution in [0.25, 0.3) is 0 Å². The third-order valence-corrected chi connectivity index (χ3v) is 10.4. The van der Waals surface area contributed by atoms with Crippen LogP contribution in [0.5, 0.6) is 0 Å². The van der Waals surface area contributed by atoms with Gasteiger partial charge in [0.2, 0.25) is 11.8 Å². The fourth-order valence-electron chi connectivity index (χ4n) is 4.24. The van der Waals surface area contributed by atoms with Gasteiger partial charge in [0.1, 0.15) is 0 Å². The Hall–Kier alpha value is -1.14. The predicted molar refractivity (Wildman–Crippen MR) is 215 cm³/mol. The van der Waals surface area contributed by atoms with Crippen molar-refractivity contribution in [3.05, 3.63) is 0 Å². The summed E-state index contributed by atoms with van der Waals surface area (Å²) in [6.07, 6.45) is 9.25. The molecule has 8 N–H and O–H groups in total. The maximum atomic E-state index is 11.1. The number of carbonyl (C=O) groups is 2. The van der Waals surface area contributed by atoms with Gasteiger partial charge >= 0.3 is 0 Å². The third kappa shape index (κ3) is 37.5. The van der Waals surface area contributed by atoms with Crippen LogP contribution in [0.1, 0.15) is 183 Å². The summed E-state index contributed by atoms with van der Waals surface area (Å²) in [5.74, 6) is 5.51. The molecule has 0 rings (SSSR count). The van der Waals surface area contributed by atoms with Crippen LogP contribution in [0.2, 0.25) is 0 Å². The highest BCUT2D eigenvalue weighted by molar-refractivity contribution is 5.77. The highest BCUT2D eigenvalue weighted by atomic mass is 16.1. The fourth-order valence-corrected chi connectivity index (χ4v) is 4.24. The topological polar surface area (TPSA) is 138 Å². The van der Waals surface area contributed by atoms with E-state index in [1.807, 2.05) is 20.8 Å². The molecule has 0 heterocycles. The van der Waals surface area contributed by atoms with Crippen molar-refractivity contribution in [1.29, 1.82) is 0 Å².